The Morgan fingerprint density at radius 2 is 2.11 bits per heavy atom. The minimum absolute atomic E-state index is 0.0116. The number of hydrogen-bond acceptors (Lipinski definition) is 8. The summed E-state index contributed by atoms with van der Waals surface area (Å²) in [4.78, 5) is 37.8. The maximum absolute atomic E-state index is 13.3. The second-order valence-electron chi connectivity index (χ2n) is 5.10. The molecule has 0 saturated carbocycles. The Bertz CT molecular complexity index is 1000. The molecule has 0 aliphatic carbocycles. The van der Waals surface area contributed by atoms with Crippen molar-refractivity contribution in [1.82, 2.24) is 4.98 Å². The average molecular weight is 407 g/mol. The monoisotopic (exact) mass is 407 g/mol. The molecule has 11 heteroatoms. The molecular formula is C16H10FN3O5S2. The summed E-state index contributed by atoms with van der Waals surface area (Å²) in [5.41, 5.74) is 0.205. The summed E-state index contributed by atoms with van der Waals surface area (Å²) in [6, 6.07) is 4.77. The molecule has 3 rings (SSSR count). The van der Waals surface area contributed by atoms with Crippen molar-refractivity contribution in [1.29, 1.82) is 0 Å². The minimum Gasteiger partial charge on any atom is -0.451 e. The molecule has 1 amide bonds. The summed E-state index contributed by atoms with van der Waals surface area (Å²) in [6.07, 6.45) is 0. The van der Waals surface area contributed by atoms with Crippen molar-refractivity contribution in [2.45, 2.75) is 0 Å². The summed E-state index contributed by atoms with van der Waals surface area (Å²) >= 11 is 2.78. The van der Waals surface area contributed by atoms with Crippen LogP contribution in [0.1, 0.15) is 10.5 Å². The van der Waals surface area contributed by atoms with Gasteiger partial charge in [0.2, 0.25) is 5.82 Å². The number of anilines is 1. The summed E-state index contributed by atoms with van der Waals surface area (Å²) in [7, 11) is 0. The van der Waals surface area contributed by atoms with Crippen LogP contribution in [0.4, 0.5) is 15.8 Å². The second kappa shape index (κ2) is 8.01. The molecule has 0 atom stereocenters. The first-order valence-corrected chi connectivity index (χ1v) is 9.15. The number of esters is 1. The van der Waals surface area contributed by atoms with Crippen molar-refractivity contribution in [3.05, 3.63) is 62.0 Å². The van der Waals surface area contributed by atoms with Crippen LogP contribution >= 0.6 is 22.7 Å². The van der Waals surface area contributed by atoms with E-state index >= 15 is 0 Å². The SMILES string of the molecule is O=C(COC(=O)c1csc(-c2ccsc2)n1)Nc1ccc(F)c([N+](=O)[O-])c1. The molecule has 2 heterocycles. The molecule has 3 aromatic rings. The Kier molecular flexibility index (Phi) is 5.52. The zero-order valence-corrected chi connectivity index (χ0v) is 15.0. The molecule has 0 aliphatic rings. The molecule has 0 aliphatic heterocycles. The number of thiophene rings is 1. The molecule has 8 nitrogen and oxygen atoms in total. The lowest BCUT2D eigenvalue weighted by molar-refractivity contribution is -0.387. The Morgan fingerprint density at radius 3 is 2.81 bits per heavy atom. The maximum atomic E-state index is 13.3. The first-order chi connectivity index (χ1) is 12.9. The van der Waals surface area contributed by atoms with Crippen molar-refractivity contribution in [2.24, 2.45) is 0 Å². The topological polar surface area (TPSA) is 111 Å². The molecule has 0 saturated heterocycles. The first-order valence-electron chi connectivity index (χ1n) is 7.33. The lowest BCUT2D eigenvalue weighted by atomic mass is 10.2. The predicted octanol–water partition coefficient (Wildman–Crippen LogP) is 3.71. The van der Waals surface area contributed by atoms with Gasteiger partial charge in [-0.25, -0.2) is 9.78 Å². The number of nitro benzene ring substituents is 1. The van der Waals surface area contributed by atoms with Crippen LogP contribution in [0.2, 0.25) is 0 Å². The standard InChI is InChI=1S/C16H10FN3O5S2/c17-11-2-1-10(5-13(11)20(23)24)18-14(21)6-25-16(22)12-8-27-15(19-12)9-3-4-26-7-9/h1-5,7-8H,6H2,(H,18,21). The van der Waals surface area contributed by atoms with Gasteiger partial charge in [0.15, 0.2) is 12.3 Å². The molecule has 1 N–H and O–H groups in total. The van der Waals surface area contributed by atoms with E-state index in [4.69, 9.17) is 4.74 Å². The third-order valence-electron chi connectivity index (χ3n) is 3.24. The van der Waals surface area contributed by atoms with Crippen LogP contribution in [0.3, 0.4) is 0 Å². The van der Waals surface area contributed by atoms with Gasteiger partial charge in [0, 0.05) is 28.1 Å². The number of ether oxygens (including phenoxy) is 1. The fraction of sp³-hybridized carbons (Fsp3) is 0.0625. The fourth-order valence-electron chi connectivity index (χ4n) is 2.02. The van der Waals surface area contributed by atoms with Gasteiger partial charge < -0.3 is 10.1 Å². The van der Waals surface area contributed by atoms with E-state index in [1.54, 1.807) is 0 Å². The molecule has 138 valence electrons. The molecule has 0 radical (unpaired) electrons. The van der Waals surface area contributed by atoms with E-state index in [1.807, 2.05) is 16.8 Å². The largest absolute Gasteiger partial charge is 0.451 e. The Balaban J connectivity index is 1.57. The second-order valence-corrected chi connectivity index (χ2v) is 6.74. The minimum atomic E-state index is -1.02. The van der Waals surface area contributed by atoms with Crippen LogP contribution in [0.25, 0.3) is 10.6 Å². The summed E-state index contributed by atoms with van der Waals surface area (Å²) in [5.74, 6) is -2.51. The molecule has 0 bridgehead atoms. The number of amides is 1. The van der Waals surface area contributed by atoms with Gasteiger partial charge in [-0.05, 0) is 23.6 Å². The molecule has 0 fully saturated rings. The molecular weight excluding hydrogens is 397 g/mol. The number of benzene rings is 1. The number of carbonyl (C=O) groups excluding carboxylic acids is 2. The van der Waals surface area contributed by atoms with E-state index in [-0.39, 0.29) is 11.4 Å². The number of nitro groups is 1. The van der Waals surface area contributed by atoms with Crippen LogP contribution < -0.4 is 5.32 Å². The Morgan fingerprint density at radius 1 is 1.30 bits per heavy atom. The smallest absolute Gasteiger partial charge is 0.358 e. The lowest BCUT2D eigenvalue weighted by Gasteiger charge is -2.06. The average Bonchev–Trinajstić information content (AvgIpc) is 3.32. The van der Waals surface area contributed by atoms with Crippen molar-refractivity contribution in [3.8, 4) is 10.6 Å². The van der Waals surface area contributed by atoms with Gasteiger partial charge in [-0.15, -0.1) is 11.3 Å². The Labute approximate surface area is 159 Å². The quantitative estimate of drug-likeness (QED) is 0.379. The predicted molar refractivity (Wildman–Crippen MR) is 97.4 cm³/mol. The highest BCUT2D eigenvalue weighted by Gasteiger charge is 2.17. The van der Waals surface area contributed by atoms with E-state index in [2.05, 4.69) is 10.3 Å². The molecule has 1 aromatic carbocycles. The van der Waals surface area contributed by atoms with Crippen molar-refractivity contribution in [3.63, 3.8) is 0 Å². The van der Waals surface area contributed by atoms with Gasteiger partial charge in [0.25, 0.3) is 5.91 Å². The van der Waals surface area contributed by atoms with Crippen LogP contribution in [0.15, 0.2) is 40.4 Å². The number of nitrogens with zero attached hydrogens (tertiary/aromatic N) is 2. The molecule has 2 aromatic heterocycles. The van der Waals surface area contributed by atoms with Gasteiger partial charge in [-0.2, -0.15) is 15.7 Å². The van der Waals surface area contributed by atoms with Gasteiger partial charge in [0.1, 0.15) is 5.01 Å². The van der Waals surface area contributed by atoms with Crippen LogP contribution in [0, 0.1) is 15.9 Å². The number of thiazole rings is 1. The summed E-state index contributed by atoms with van der Waals surface area (Å²) < 4.78 is 18.2. The van der Waals surface area contributed by atoms with Crippen LogP contribution in [0.5, 0.6) is 0 Å². The number of hydrogen-bond donors (Lipinski definition) is 1. The van der Waals surface area contributed by atoms with Gasteiger partial charge in [-0.1, -0.05) is 0 Å². The zero-order valence-electron chi connectivity index (χ0n) is 13.4. The normalized spacial score (nSPS) is 10.4. The molecule has 0 spiro atoms. The number of carbonyl (C=O) groups is 2. The summed E-state index contributed by atoms with van der Waals surface area (Å²) in [5, 5.41) is 19.0. The van der Waals surface area contributed by atoms with Gasteiger partial charge in [0.05, 0.1) is 4.92 Å². The highest BCUT2D eigenvalue weighted by Crippen LogP contribution is 2.26. The fourth-order valence-corrected chi connectivity index (χ4v) is 3.52. The third kappa shape index (κ3) is 4.51. The van der Waals surface area contributed by atoms with Gasteiger partial charge >= 0.3 is 11.7 Å². The van der Waals surface area contributed by atoms with Gasteiger partial charge in [-0.3, -0.25) is 14.9 Å². The van der Waals surface area contributed by atoms with Crippen molar-refractivity contribution < 1.29 is 23.6 Å². The van der Waals surface area contributed by atoms with E-state index in [1.165, 1.54) is 28.1 Å². The highest BCUT2D eigenvalue weighted by molar-refractivity contribution is 7.14. The van der Waals surface area contributed by atoms with Crippen LogP contribution in [-0.2, 0) is 9.53 Å². The van der Waals surface area contributed by atoms with E-state index in [9.17, 15) is 24.1 Å². The van der Waals surface area contributed by atoms with Crippen molar-refractivity contribution >= 4 is 45.9 Å². The van der Waals surface area contributed by atoms with E-state index in [0.29, 0.717) is 5.01 Å². The maximum Gasteiger partial charge on any atom is 0.358 e. The highest BCUT2D eigenvalue weighted by atomic mass is 32.1. The van der Waals surface area contributed by atoms with E-state index < -0.39 is 34.9 Å². The van der Waals surface area contributed by atoms with Crippen LogP contribution in [-0.4, -0.2) is 28.4 Å². The number of rotatable bonds is 6. The number of aromatic nitrogens is 1. The lowest BCUT2D eigenvalue weighted by Crippen LogP contribution is -2.21. The first kappa shape index (κ1) is 18.6. The third-order valence-corrected chi connectivity index (χ3v) is 4.82. The number of halogens is 1. The van der Waals surface area contributed by atoms with Crippen molar-refractivity contribution in [2.75, 3.05) is 11.9 Å². The number of nitrogens with one attached hydrogen (secondary N) is 1. The molecule has 0 unspecified atom stereocenters. The Hall–Kier alpha value is -3.18. The summed E-state index contributed by atoms with van der Waals surface area (Å²) in [6.45, 7) is -0.616. The molecule has 27 heavy (non-hydrogen) atoms. The zero-order chi connectivity index (χ0) is 19.4. The van der Waals surface area contributed by atoms with E-state index in [0.717, 1.165) is 23.8 Å².